The van der Waals surface area contributed by atoms with E-state index >= 15 is 0 Å². The Labute approximate surface area is 168 Å². The van der Waals surface area contributed by atoms with Gasteiger partial charge in [0.2, 0.25) is 11.8 Å². The van der Waals surface area contributed by atoms with Gasteiger partial charge in [0.1, 0.15) is 12.6 Å². The van der Waals surface area contributed by atoms with Crippen LogP contribution in [0.3, 0.4) is 0 Å². The zero-order valence-electron chi connectivity index (χ0n) is 15.2. The van der Waals surface area contributed by atoms with Crippen LogP contribution in [0.2, 0.25) is 5.02 Å². The van der Waals surface area contributed by atoms with Crippen molar-refractivity contribution in [3.8, 4) is 0 Å². The molecular formula is C21H20ClN3O3. The van der Waals surface area contributed by atoms with Gasteiger partial charge in [-0.05, 0) is 36.6 Å². The Morgan fingerprint density at radius 2 is 1.86 bits per heavy atom. The summed E-state index contributed by atoms with van der Waals surface area (Å²) < 4.78 is 0. The summed E-state index contributed by atoms with van der Waals surface area (Å²) in [6, 6.07) is 13.7. The van der Waals surface area contributed by atoms with Crippen molar-refractivity contribution in [2.45, 2.75) is 25.4 Å². The Morgan fingerprint density at radius 3 is 2.68 bits per heavy atom. The van der Waals surface area contributed by atoms with Crippen molar-refractivity contribution in [1.82, 2.24) is 10.2 Å². The smallest absolute Gasteiger partial charge is 0.256 e. The van der Waals surface area contributed by atoms with Crippen LogP contribution >= 0.6 is 11.6 Å². The average Bonchev–Trinajstić information content (AvgIpc) is 3.18. The number of nitrogens with one attached hydrogen (secondary N) is 1. The van der Waals surface area contributed by atoms with E-state index in [0.29, 0.717) is 29.2 Å². The Hall–Kier alpha value is -2.86. The molecule has 0 bridgehead atoms. The highest BCUT2D eigenvalue weighted by molar-refractivity contribution is 6.31. The minimum atomic E-state index is -0.503. The van der Waals surface area contributed by atoms with Crippen molar-refractivity contribution < 1.29 is 14.4 Å². The van der Waals surface area contributed by atoms with E-state index in [1.807, 2.05) is 18.2 Å². The van der Waals surface area contributed by atoms with E-state index in [-0.39, 0.29) is 30.8 Å². The van der Waals surface area contributed by atoms with Gasteiger partial charge in [0.15, 0.2) is 0 Å². The molecule has 2 aliphatic rings. The SMILES string of the molecule is O=C(CN1C(=O)[C@H]2CCCN2C(=O)c2ccccc21)NCc1ccccc1Cl. The number of hydrogen-bond acceptors (Lipinski definition) is 3. The summed E-state index contributed by atoms with van der Waals surface area (Å²) in [5.74, 6) is -0.656. The Balaban J connectivity index is 1.56. The van der Waals surface area contributed by atoms with E-state index in [4.69, 9.17) is 11.6 Å². The summed E-state index contributed by atoms with van der Waals surface area (Å²) >= 11 is 6.13. The first-order valence-electron chi connectivity index (χ1n) is 9.28. The Bertz CT molecular complexity index is 946. The summed E-state index contributed by atoms with van der Waals surface area (Å²) in [5, 5.41) is 3.39. The highest BCUT2D eigenvalue weighted by Crippen LogP contribution is 2.32. The molecule has 28 heavy (non-hydrogen) atoms. The zero-order valence-corrected chi connectivity index (χ0v) is 16.0. The quantitative estimate of drug-likeness (QED) is 0.862. The van der Waals surface area contributed by atoms with E-state index in [2.05, 4.69) is 5.32 Å². The van der Waals surface area contributed by atoms with Gasteiger partial charge in [-0.3, -0.25) is 14.4 Å². The van der Waals surface area contributed by atoms with Crippen LogP contribution in [0.4, 0.5) is 5.69 Å². The van der Waals surface area contributed by atoms with Crippen LogP contribution in [0.15, 0.2) is 48.5 Å². The molecule has 7 heteroatoms. The molecule has 0 aromatic heterocycles. The molecule has 6 nitrogen and oxygen atoms in total. The normalized spacial score (nSPS) is 18.5. The van der Waals surface area contributed by atoms with Crippen molar-refractivity contribution >= 4 is 35.0 Å². The number of rotatable bonds is 4. The molecule has 1 saturated heterocycles. The molecule has 2 aromatic carbocycles. The van der Waals surface area contributed by atoms with Gasteiger partial charge in [-0.15, -0.1) is 0 Å². The predicted molar refractivity (Wildman–Crippen MR) is 106 cm³/mol. The molecule has 2 aliphatic heterocycles. The van der Waals surface area contributed by atoms with E-state index in [1.165, 1.54) is 4.90 Å². The third-order valence-electron chi connectivity index (χ3n) is 5.23. The van der Waals surface area contributed by atoms with E-state index < -0.39 is 6.04 Å². The van der Waals surface area contributed by atoms with Gasteiger partial charge in [-0.25, -0.2) is 0 Å². The lowest BCUT2D eigenvalue weighted by molar-refractivity contribution is -0.125. The van der Waals surface area contributed by atoms with E-state index in [0.717, 1.165) is 12.0 Å². The molecular weight excluding hydrogens is 378 g/mol. The Morgan fingerprint density at radius 1 is 1.11 bits per heavy atom. The maximum absolute atomic E-state index is 13.1. The van der Waals surface area contributed by atoms with Crippen LogP contribution in [0.1, 0.15) is 28.8 Å². The average molecular weight is 398 g/mol. The molecule has 2 heterocycles. The summed E-state index contributed by atoms with van der Waals surface area (Å²) in [5.41, 5.74) is 1.75. The number of nitrogens with zero attached hydrogens (tertiary/aromatic N) is 2. The molecule has 4 rings (SSSR count). The molecule has 0 radical (unpaired) electrons. The molecule has 1 atom stereocenters. The number of hydrogen-bond donors (Lipinski definition) is 1. The molecule has 1 N–H and O–H groups in total. The fourth-order valence-electron chi connectivity index (χ4n) is 3.81. The highest BCUT2D eigenvalue weighted by Gasteiger charge is 2.42. The van der Waals surface area contributed by atoms with Gasteiger partial charge in [-0.1, -0.05) is 41.9 Å². The lowest BCUT2D eigenvalue weighted by atomic mass is 10.1. The third-order valence-corrected chi connectivity index (χ3v) is 5.59. The number of amides is 3. The van der Waals surface area contributed by atoms with Gasteiger partial charge in [0.25, 0.3) is 5.91 Å². The van der Waals surface area contributed by atoms with Gasteiger partial charge in [0.05, 0.1) is 11.3 Å². The topological polar surface area (TPSA) is 69.7 Å². The number of carbonyl (C=O) groups is 3. The molecule has 0 unspecified atom stereocenters. The van der Waals surface area contributed by atoms with E-state index in [1.54, 1.807) is 35.2 Å². The molecule has 0 saturated carbocycles. The lowest BCUT2D eigenvalue weighted by Crippen LogP contribution is -2.48. The molecule has 2 aromatic rings. The second-order valence-corrected chi connectivity index (χ2v) is 7.37. The van der Waals surface area contributed by atoms with Crippen LogP contribution in [0, 0.1) is 0 Å². The molecule has 0 spiro atoms. The second-order valence-electron chi connectivity index (χ2n) is 6.97. The van der Waals surface area contributed by atoms with Crippen LogP contribution in [0.5, 0.6) is 0 Å². The lowest BCUT2D eigenvalue weighted by Gasteiger charge is -2.25. The second kappa shape index (κ2) is 7.64. The van der Waals surface area contributed by atoms with Crippen LogP contribution in [-0.2, 0) is 16.1 Å². The van der Waals surface area contributed by atoms with Gasteiger partial charge in [0, 0.05) is 18.1 Å². The molecule has 0 aliphatic carbocycles. The van der Waals surface area contributed by atoms with Crippen molar-refractivity contribution in [2.75, 3.05) is 18.0 Å². The number of carbonyl (C=O) groups excluding carboxylic acids is 3. The first kappa shape index (κ1) is 18.5. The standard InChI is InChI=1S/C21H20ClN3O3/c22-16-8-3-1-6-14(16)12-23-19(26)13-25-17-9-4-2-7-15(17)20(27)24-11-5-10-18(24)21(25)28/h1-4,6-9,18H,5,10-13H2,(H,23,26)/t18-/m1/s1. The van der Waals surface area contributed by atoms with Crippen LogP contribution in [0.25, 0.3) is 0 Å². The first-order chi connectivity index (χ1) is 13.6. The largest absolute Gasteiger partial charge is 0.350 e. The summed E-state index contributed by atoms with van der Waals surface area (Å²) in [6.07, 6.45) is 1.41. The Kier molecular flexibility index (Phi) is 5.05. The number of benzene rings is 2. The summed E-state index contributed by atoms with van der Waals surface area (Å²) in [6.45, 7) is 0.699. The molecule has 1 fully saturated rings. The van der Waals surface area contributed by atoms with Crippen molar-refractivity contribution in [1.29, 1.82) is 0 Å². The highest BCUT2D eigenvalue weighted by atomic mass is 35.5. The maximum atomic E-state index is 13.1. The van der Waals surface area contributed by atoms with Gasteiger partial charge < -0.3 is 15.1 Å². The zero-order chi connectivity index (χ0) is 19.7. The third kappa shape index (κ3) is 3.36. The van der Waals surface area contributed by atoms with E-state index in [9.17, 15) is 14.4 Å². The minimum Gasteiger partial charge on any atom is -0.350 e. The minimum absolute atomic E-state index is 0.141. The fraction of sp³-hybridized carbons (Fsp3) is 0.286. The van der Waals surface area contributed by atoms with Crippen LogP contribution in [-0.4, -0.2) is 41.8 Å². The predicted octanol–water partition coefficient (Wildman–Crippen LogP) is 2.61. The number of para-hydroxylation sites is 1. The van der Waals surface area contributed by atoms with Crippen molar-refractivity contribution in [3.05, 3.63) is 64.7 Å². The summed E-state index contributed by atoms with van der Waals surface area (Å²) in [4.78, 5) is 41.7. The monoisotopic (exact) mass is 397 g/mol. The van der Waals surface area contributed by atoms with Gasteiger partial charge >= 0.3 is 0 Å². The summed E-state index contributed by atoms with van der Waals surface area (Å²) in [7, 11) is 0. The number of halogens is 1. The number of fused-ring (bicyclic) bond motifs is 2. The van der Waals surface area contributed by atoms with Crippen molar-refractivity contribution in [2.24, 2.45) is 0 Å². The molecule has 144 valence electrons. The maximum Gasteiger partial charge on any atom is 0.256 e. The molecule has 3 amide bonds. The first-order valence-corrected chi connectivity index (χ1v) is 9.65. The van der Waals surface area contributed by atoms with Gasteiger partial charge in [-0.2, -0.15) is 0 Å². The van der Waals surface area contributed by atoms with Crippen molar-refractivity contribution in [3.63, 3.8) is 0 Å². The fourth-order valence-corrected chi connectivity index (χ4v) is 4.01. The number of anilines is 1. The van der Waals surface area contributed by atoms with Crippen LogP contribution < -0.4 is 10.2 Å².